The number of nitrogens with zero attached hydrogens (tertiary/aromatic N) is 4. The van der Waals surface area contributed by atoms with E-state index in [-0.39, 0.29) is 10.8 Å². The first-order valence-electron chi connectivity index (χ1n) is 13.0. The molecular formula is C29H34N4O3S3. The van der Waals surface area contributed by atoms with Crippen LogP contribution in [0.5, 0.6) is 0 Å². The lowest BCUT2D eigenvalue weighted by Crippen LogP contribution is -2.39. The minimum atomic E-state index is -3.78. The molecule has 1 aromatic heterocycles. The summed E-state index contributed by atoms with van der Waals surface area (Å²) in [4.78, 5) is 23.9. The minimum absolute atomic E-state index is 0.143. The molecule has 0 aliphatic rings. The molecule has 7 nitrogen and oxygen atoms in total. The Morgan fingerprint density at radius 1 is 0.872 bits per heavy atom. The predicted molar refractivity (Wildman–Crippen MR) is 164 cm³/mol. The Morgan fingerprint density at radius 3 is 2.18 bits per heavy atom. The summed E-state index contributed by atoms with van der Waals surface area (Å²) in [7, 11) is -3.78. The topological polar surface area (TPSA) is 73.8 Å². The number of anilines is 2. The van der Waals surface area contributed by atoms with E-state index in [1.54, 1.807) is 47.9 Å². The summed E-state index contributed by atoms with van der Waals surface area (Å²) in [5, 5.41) is 0.640. The van der Waals surface area contributed by atoms with Crippen LogP contribution in [0.2, 0.25) is 0 Å². The van der Waals surface area contributed by atoms with Crippen molar-refractivity contribution in [2.45, 2.75) is 30.6 Å². The quantitative estimate of drug-likeness (QED) is 0.185. The number of hydrogen-bond donors (Lipinski definition) is 0. The smallest absolute Gasteiger partial charge is 0.264 e. The maximum atomic E-state index is 13.8. The van der Waals surface area contributed by atoms with E-state index in [0.29, 0.717) is 36.0 Å². The molecule has 0 atom stereocenters. The highest BCUT2D eigenvalue weighted by molar-refractivity contribution is 7.98. The maximum absolute atomic E-state index is 13.8. The van der Waals surface area contributed by atoms with Gasteiger partial charge in [-0.15, -0.1) is 11.8 Å². The molecule has 0 spiro atoms. The standard InChI is InChI=1S/C29H34N4O3S3/c1-5-31(6-2)20-21-32(29-30-27-25(37-4)14-11-15-26(27)38-29)28(34)22-16-18-24(19-17-22)39(35,36)33(7-3)23-12-9-8-10-13-23/h8-19H,5-7,20-21H2,1-4H3. The molecule has 1 heterocycles. The largest absolute Gasteiger partial charge is 0.302 e. The van der Waals surface area contributed by atoms with Crippen molar-refractivity contribution in [2.24, 2.45) is 0 Å². The fraction of sp³-hybridized carbons (Fsp3) is 0.310. The van der Waals surface area contributed by atoms with Crippen LogP contribution in [0, 0.1) is 0 Å². The van der Waals surface area contributed by atoms with E-state index in [1.165, 1.54) is 27.8 Å². The van der Waals surface area contributed by atoms with Crippen molar-refractivity contribution in [2.75, 3.05) is 48.2 Å². The Morgan fingerprint density at radius 2 is 1.56 bits per heavy atom. The van der Waals surface area contributed by atoms with E-state index >= 15 is 0 Å². The number of carbonyl (C=O) groups is 1. The molecule has 206 valence electrons. The van der Waals surface area contributed by atoms with Gasteiger partial charge in [0.1, 0.15) is 0 Å². The van der Waals surface area contributed by atoms with Gasteiger partial charge in [0.15, 0.2) is 5.13 Å². The van der Waals surface area contributed by atoms with Crippen molar-refractivity contribution in [3.63, 3.8) is 0 Å². The lowest BCUT2D eigenvalue weighted by molar-refractivity contribution is 0.0983. The molecule has 0 N–H and O–H groups in total. The summed E-state index contributed by atoms with van der Waals surface area (Å²) in [5.41, 5.74) is 1.91. The number of thioether (sulfide) groups is 1. The van der Waals surface area contributed by atoms with Gasteiger partial charge >= 0.3 is 0 Å². The second-order valence-electron chi connectivity index (χ2n) is 8.82. The van der Waals surface area contributed by atoms with Crippen molar-refractivity contribution < 1.29 is 13.2 Å². The van der Waals surface area contributed by atoms with Gasteiger partial charge in [0, 0.05) is 30.1 Å². The van der Waals surface area contributed by atoms with Crippen LogP contribution in [0.25, 0.3) is 10.2 Å². The zero-order chi connectivity index (χ0) is 28.0. The highest BCUT2D eigenvalue weighted by Crippen LogP contribution is 2.35. The van der Waals surface area contributed by atoms with Gasteiger partial charge in [0.05, 0.1) is 20.8 Å². The SMILES string of the molecule is CCN(CC)CCN(C(=O)c1ccc(S(=O)(=O)N(CC)c2ccccc2)cc1)c1nc2c(SC)cccc2s1. The number of likely N-dealkylation sites (N-methyl/N-ethyl adjacent to an activating group) is 1. The number of carbonyl (C=O) groups excluding carboxylic acids is 1. The molecule has 39 heavy (non-hydrogen) atoms. The second-order valence-corrected chi connectivity index (χ2v) is 12.5. The summed E-state index contributed by atoms with van der Waals surface area (Å²) in [6.45, 7) is 9.26. The molecule has 4 aromatic rings. The number of aromatic nitrogens is 1. The minimum Gasteiger partial charge on any atom is -0.302 e. The van der Waals surface area contributed by atoms with Crippen molar-refractivity contribution in [3.05, 3.63) is 78.4 Å². The first-order chi connectivity index (χ1) is 18.8. The molecule has 0 radical (unpaired) electrons. The zero-order valence-corrected chi connectivity index (χ0v) is 25.2. The third-order valence-corrected chi connectivity index (χ3v) is 10.4. The van der Waals surface area contributed by atoms with Crippen molar-refractivity contribution in [3.8, 4) is 0 Å². The van der Waals surface area contributed by atoms with Gasteiger partial charge in [-0.1, -0.05) is 49.4 Å². The highest BCUT2D eigenvalue weighted by Gasteiger charge is 2.26. The lowest BCUT2D eigenvalue weighted by atomic mass is 10.2. The van der Waals surface area contributed by atoms with Crippen molar-refractivity contribution in [1.82, 2.24) is 9.88 Å². The van der Waals surface area contributed by atoms with Crippen LogP contribution >= 0.6 is 23.1 Å². The summed E-state index contributed by atoms with van der Waals surface area (Å²) in [6, 6.07) is 21.3. The lowest BCUT2D eigenvalue weighted by Gasteiger charge is -2.25. The van der Waals surface area contributed by atoms with E-state index in [9.17, 15) is 13.2 Å². The van der Waals surface area contributed by atoms with Crippen LogP contribution in [-0.4, -0.2) is 63.2 Å². The number of hydrogen-bond acceptors (Lipinski definition) is 7. The van der Waals surface area contributed by atoms with Gasteiger partial charge < -0.3 is 4.90 Å². The number of benzene rings is 3. The van der Waals surface area contributed by atoms with Crippen LogP contribution in [0.4, 0.5) is 10.8 Å². The summed E-state index contributed by atoms with van der Waals surface area (Å²) >= 11 is 3.13. The summed E-state index contributed by atoms with van der Waals surface area (Å²) in [5.74, 6) is -0.203. The van der Waals surface area contributed by atoms with Crippen LogP contribution in [0.3, 0.4) is 0 Å². The van der Waals surface area contributed by atoms with Gasteiger partial charge in [0.2, 0.25) is 0 Å². The van der Waals surface area contributed by atoms with Gasteiger partial charge in [-0.3, -0.25) is 14.0 Å². The molecule has 0 saturated carbocycles. The van der Waals surface area contributed by atoms with Crippen LogP contribution < -0.4 is 9.21 Å². The van der Waals surface area contributed by atoms with Crippen LogP contribution in [0.1, 0.15) is 31.1 Å². The van der Waals surface area contributed by atoms with Gasteiger partial charge in [-0.25, -0.2) is 13.4 Å². The molecule has 3 aromatic carbocycles. The Kier molecular flexibility index (Phi) is 9.66. The molecule has 4 rings (SSSR count). The average molecular weight is 583 g/mol. The highest BCUT2D eigenvalue weighted by atomic mass is 32.2. The number of sulfonamides is 1. The number of fused-ring (bicyclic) bond motifs is 1. The number of amides is 1. The second kappa shape index (κ2) is 13.0. The molecule has 0 aliphatic heterocycles. The first-order valence-corrected chi connectivity index (χ1v) is 16.5. The Balaban J connectivity index is 1.66. The van der Waals surface area contributed by atoms with Crippen molar-refractivity contribution >= 4 is 60.1 Å². The molecule has 0 unspecified atom stereocenters. The monoisotopic (exact) mass is 582 g/mol. The Hall–Kier alpha value is -2.92. The Bertz CT molecular complexity index is 1500. The molecule has 0 aliphatic carbocycles. The fourth-order valence-corrected chi connectivity index (χ4v) is 7.51. The van der Waals surface area contributed by atoms with E-state index in [1.807, 2.05) is 42.7 Å². The Labute approximate surface area is 239 Å². The summed E-state index contributed by atoms with van der Waals surface area (Å²) < 4.78 is 29.2. The molecule has 1 amide bonds. The van der Waals surface area contributed by atoms with Crippen molar-refractivity contribution in [1.29, 1.82) is 0 Å². The molecule has 10 heteroatoms. The van der Waals surface area contributed by atoms with Gasteiger partial charge in [-0.2, -0.15) is 0 Å². The van der Waals surface area contributed by atoms with Gasteiger partial charge in [-0.05, 0) is 74.8 Å². The van der Waals surface area contributed by atoms with E-state index < -0.39 is 10.0 Å². The van der Waals surface area contributed by atoms with Crippen LogP contribution in [0.15, 0.2) is 82.6 Å². The van der Waals surface area contributed by atoms with Crippen LogP contribution in [-0.2, 0) is 10.0 Å². The first kappa shape index (κ1) is 29.1. The molecule has 0 bridgehead atoms. The average Bonchev–Trinajstić information content (AvgIpc) is 3.40. The molecule has 0 fully saturated rings. The number of para-hydroxylation sites is 2. The molecule has 0 saturated heterocycles. The maximum Gasteiger partial charge on any atom is 0.264 e. The molecular weight excluding hydrogens is 549 g/mol. The van der Waals surface area contributed by atoms with E-state index in [4.69, 9.17) is 4.98 Å². The fourth-order valence-electron chi connectivity index (χ4n) is 4.40. The third kappa shape index (κ3) is 6.30. The normalized spacial score (nSPS) is 11.7. The van der Waals surface area contributed by atoms with Gasteiger partial charge in [0.25, 0.3) is 15.9 Å². The zero-order valence-electron chi connectivity index (χ0n) is 22.7. The number of rotatable bonds is 12. The van der Waals surface area contributed by atoms with E-state index in [0.717, 1.165) is 28.2 Å². The van der Waals surface area contributed by atoms with E-state index in [2.05, 4.69) is 18.7 Å². The summed E-state index contributed by atoms with van der Waals surface area (Å²) in [6.07, 6.45) is 2.02. The number of thiazole rings is 1. The predicted octanol–water partition coefficient (Wildman–Crippen LogP) is 6.22. The third-order valence-electron chi connectivity index (χ3n) is 6.62.